The number of fused-ring (bicyclic) bond motifs is 1. The molecule has 0 radical (unpaired) electrons. The van der Waals surface area contributed by atoms with E-state index in [1.54, 1.807) is 0 Å². The molecule has 26 heavy (non-hydrogen) atoms. The van der Waals surface area contributed by atoms with Gasteiger partial charge >= 0.3 is 0 Å². The third kappa shape index (κ3) is 3.77. The molecule has 0 bridgehead atoms. The van der Waals surface area contributed by atoms with Crippen LogP contribution in [0.1, 0.15) is 37.7 Å². The molecule has 1 saturated heterocycles. The molecular weight excluding hydrogens is 344 g/mol. The predicted octanol–water partition coefficient (Wildman–Crippen LogP) is 2.90. The van der Waals surface area contributed by atoms with Gasteiger partial charge in [0.2, 0.25) is 0 Å². The van der Waals surface area contributed by atoms with Gasteiger partial charge in [0.15, 0.2) is 5.82 Å². The number of hydrogen-bond donors (Lipinski definition) is 1. The fraction of sp³-hybridized carbons (Fsp3) is 0.579. The van der Waals surface area contributed by atoms with Crippen molar-refractivity contribution < 1.29 is 0 Å². The lowest BCUT2D eigenvalue weighted by Crippen LogP contribution is -2.50. The van der Waals surface area contributed by atoms with Gasteiger partial charge in [-0.05, 0) is 29.5 Å². The fourth-order valence-corrected chi connectivity index (χ4v) is 4.21. The summed E-state index contributed by atoms with van der Waals surface area (Å²) in [6.07, 6.45) is 1.04. The first-order chi connectivity index (χ1) is 12.5. The number of anilines is 2. The van der Waals surface area contributed by atoms with Crippen LogP contribution in [0.5, 0.6) is 0 Å². The topological polar surface area (TPSA) is 66.8 Å². The lowest BCUT2D eigenvalue weighted by atomic mass is 9.92. The Morgan fingerprint density at radius 1 is 1.15 bits per heavy atom. The Labute approximate surface area is 159 Å². The van der Waals surface area contributed by atoms with E-state index in [0.29, 0.717) is 5.92 Å². The van der Waals surface area contributed by atoms with Crippen molar-refractivity contribution in [3.63, 3.8) is 0 Å². The van der Waals surface area contributed by atoms with Crippen molar-refractivity contribution in [2.75, 3.05) is 35.6 Å². The first-order valence-electron chi connectivity index (χ1n) is 9.25. The van der Waals surface area contributed by atoms with E-state index in [0.717, 1.165) is 54.9 Å². The van der Waals surface area contributed by atoms with Gasteiger partial charge in [-0.1, -0.05) is 20.8 Å². The van der Waals surface area contributed by atoms with Crippen LogP contribution in [0.15, 0.2) is 18.2 Å². The molecule has 7 heteroatoms. The summed E-state index contributed by atoms with van der Waals surface area (Å²) in [5.41, 5.74) is 3.58. The van der Waals surface area contributed by atoms with Gasteiger partial charge in [0, 0.05) is 43.1 Å². The molecule has 1 fully saturated rings. The van der Waals surface area contributed by atoms with Crippen LogP contribution in [0.4, 0.5) is 11.6 Å². The van der Waals surface area contributed by atoms with Crippen molar-refractivity contribution in [1.29, 1.82) is 0 Å². The summed E-state index contributed by atoms with van der Waals surface area (Å²) in [5.74, 6) is 4.69. The number of aryl methyl sites for hydroxylation is 1. The fourth-order valence-electron chi connectivity index (χ4n) is 3.26. The molecule has 2 aromatic rings. The highest BCUT2D eigenvalue weighted by molar-refractivity contribution is 7.98. The number of hydrogen-bond acceptors (Lipinski definition) is 7. The molecule has 0 aromatic carbocycles. The summed E-state index contributed by atoms with van der Waals surface area (Å²) >= 11 is 1.97. The molecule has 1 N–H and O–H groups in total. The Hall–Kier alpha value is -1.89. The van der Waals surface area contributed by atoms with E-state index in [2.05, 4.69) is 69.6 Å². The van der Waals surface area contributed by atoms with Crippen LogP contribution >= 0.6 is 11.8 Å². The van der Waals surface area contributed by atoms with Gasteiger partial charge in [0.1, 0.15) is 5.82 Å². The minimum absolute atomic E-state index is 0.0430. The van der Waals surface area contributed by atoms with Crippen LogP contribution in [-0.4, -0.2) is 45.8 Å². The van der Waals surface area contributed by atoms with Crippen LogP contribution < -0.4 is 10.2 Å². The van der Waals surface area contributed by atoms with Gasteiger partial charge in [-0.15, -0.1) is 10.2 Å². The van der Waals surface area contributed by atoms with E-state index in [9.17, 15) is 0 Å². The highest BCUT2D eigenvalue weighted by Gasteiger charge is 2.28. The zero-order valence-corrected chi connectivity index (χ0v) is 16.5. The van der Waals surface area contributed by atoms with Crippen LogP contribution in [-0.2, 0) is 17.6 Å². The summed E-state index contributed by atoms with van der Waals surface area (Å²) in [6.45, 7) is 9.40. The van der Waals surface area contributed by atoms with Crippen LogP contribution in [0.3, 0.4) is 0 Å². The van der Waals surface area contributed by atoms with Crippen molar-refractivity contribution in [3.05, 3.63) is 35.2 Å². The van der Waals surface area contributed by atoms with Crippen molar-refractivity contribution in [2.24, 2.45) is 5.92 Å². The SMILES string of the molecule is CC(C)(C)c1ccc(N2CC(CNc3cc4c(nn3)CCSC4)C2)nn1. The molecule has 2 aromatic heterocycles. The zero-order chi connectivity index (χ0) is 18.1. The van der Waals surface area contributed by atoms with Gasteiger partial charge in [0.25, 0.3) is 0 Å². The minimum atomic E-state index is 0.0430. The monoisotopic (exact) mass is 370 g/mol. The van der Waals surface area contributed by atoms with E-state index in [4.69, 9.17) is 0 Å². The highest BCUT2D eigenvalue weighted by atomic mass is 32.2. The largest absolute Gasteiger partial charge is 0.368 e. The summed E-state index contributed by atoms with van der Waals surface area (Å²) in [7, 11) is 0. The third-order valence-electron chi connectivity index (χ3n) is 4.97. The average Bonchev–Trinajstić information content (AvgIpc) is 2.60. The predicted molar refractivity (Wildman–Crippen MR) is 107 cm³/mol. The highest BCUT2D eigenvalue weighted by Crippen LogP contribution is 2.26. The average molecular weight is 371 g/mol. The van der Waals surface area contributed by atoms with Gasteiger partial charge in [0.05, 0.1) is 11.4 Å². The van der Waals surface area contributed by atoms with E-state index < -0.39 is 0 Å². The van der Waals surface area contributed by atoms with Crippen molar-refractivity contribution >= 4 is 23.4 Å². The summed E-state index contributed by atoms with van der Waals surface area (Å²) in [6, 6.07) is 6.35. The molecule has 0 aliphatic carbocycles. The first kappa shape index (κ1) is 17.5. The Balaban J connectivity index is 1.28. The van der Waals surface area contributed by atoms with Crippen molar-refractivity contribution in [3.8, 4) is 0 Å². The Kier molecular flexibility index (Phi) is 4.73. The van der Waals surface area contributed by atoms with Crippen LogP contribution in [0.2, 0.25) is 0 Å². The van der Waals surface area contributed by atoms with Gasteiger partial charge < -0.3 is 10.2 Å². The molecule has 0 saturated carbocycles. The van der Waals surface area contributed by atoms with Gasteiger partial charge in [-0.2, -0.15) is 22.0 Å². The molecule has 0 amide bonds. The normalized spacial score (nSPS) is 17.6. The maximum absolute atomic E-state index is 4.40. The molecule has 4 heterocycles. The van der Waals surface area contributed by atoms with Gasteiger partial charge in [-0.3, -0.25) is 0 Å². The molecule has 0 spiro atoms. The second-order valence-corrected chi connectivity index (χ2v) is 9.29. The number of rotatable bonds is 4. The van der Waals surface area contributed by atoms with Crippen molar-refractivity contribution in [1.82, 2.24) is 20.4 Å². The number of aromatic nitrogens is 4. The molecule has 138 valence electrons. The molecule has 2 aliphatic heterocycles. The summed E-state index contributed by atoms with van der Waals surface area (Å²) in [5, 5.41) is 20.9. The number of nitrogens with one attached hydrogen (secondary N) is 1. The maximum atomic E-state index is 4.40. The van der Waals surface area contributed by atoms with Crippen molar-refractivity contribution in [2.45, 2.75) is 38.4 Å². The lowest BCUT2D eigenvalue weighted by molar-refractivity contribution is 0.424. The lowest BCUT2D eigenvalue weighted by Gasteiger charge is -2.40. The molecule has 0 unspecified atom stereocenters. The Morgan fingerprint density at radius 3 is 2.73 bits per heavy atom. The Bertz CT molecular complexity index is 765. The van der Waals surface area contributed by atoms with E-state index in [-0.39, 0.29) is 5.41 Å². The molecule has 0 atom stereocenters. The quantitative estimate of drug-likeness (QED) is 0.887. The molecular formula is C19H26N6S. The molecule has 4 rings (SSSR count). The van der Waals surface area contributed by atoms with Gasteiger partial charge in [-0.25, -0.2) is 0 Å². The maximum Gasteiger partial charge on any atom is 0.151 e. The third-order valence-corrected chi connectivity index (χ3v) is 5.98. The van der Waals surface area contributed by atoms with E-state index in [1.165, 1.54) is 11.3 Å². The van der Waals surface area contributed by atoms with E-state index in [1.807, 2.05) is 11.8 Å². The molecule has 6 nitrogen and oxygen atoms in total. The minimum Gasteiger partial charge on any atom is -0.368 e. The van der Waals surface area contributed by atoms with Crippen LogP contribution in [0, 0.1) is 5.92 Å². The van der Waals surface area contributed by atoms with Crippen LogP contribution in [0.25, 0.3) is 0 Å². The zero-order valence-electron chi connectivity index (χ0n) is 15.7. The Morgan fingerprint density at radius 2 is 2.00 bits per heavy atom. The van der Waals surface area contributed by atoms with E-state index >= 15 is 0 Å². The summed E-state index contributed by atoms with van der Waals surface area (Å²) in [4.78, 5) is 2.28. The second-order valence-electron chi connectivity index (χ2n) is 8.18. The smallest absolute Gasteiger partial charge is 0.151 e. The standard InChI is InChI=1S/C19H26N6S/c1-19(2,3)16-4-5-18(24-22-16)25-10-13(11-25)9-20-17-8-14-12-26-7-6-15(14)21-23-17/h4-5,8,13H,6-7,9-12H2,1-3H3,(H,20,23). The number of thioether (sulfide) groups is 1. The first-order valence-corrected chi connectivity index (χ1v) is 10.4. The summed E-state index contributed by atoms with van der Waals surface area (Å²) < 4.78 is 0. The number of nitrogens with zero attached hydrogens (tertiary/aromatic N) is 5. The molecule has 2 aliphatic rings. The second kappa shape index (κ2) is 7.02.